The standard InChI is InChI=1S/C17H14O4/c1-20-16-12-14(17(18)19)9-10-15(16)21-11-5-8-13-6-3-2-4-7-13/h2-4,6-7,9-10,12H,11H2,1H3,(H,18,19). The first-order valence-electron chi connectivity index (χ1n) is 6.29. The Labute approximate surface area is 122 Å². The van der Waals surface area contributed by atoms with Crippen molar-refractivity contribution in [3.8, 4) is 23.3 Å². The quantitative estimate of drug-likeness (QED) is 0.876. The lowest BCUT2D eigenvalue weighted by atomic mass is 10.2. The third kappa shape index (κ3) is 4.02. The molecule has 0 saturated heterocycles. The van der Waals surface area contributed by atoms with Crippen LogP contribution in [0.5, 0.6) is 11.5 Å². The highest BCUT2D eigenvalue weighted by Crippen LogP contribution is 2.27. The number of carboxylic acid groups (broad SMARTS) is 1. The molecule has 0 aromatic heterocycles. The number of aromatic carboxylic acids is 1. The van der Waals surface area contributed by atoms with E-state index in [1.807, 2.05) is 30.3 Å². The average Bonchev–Trinajstić information content (AvgIpc) is 2.52. The molecule has 0 heterocycles. The lowest BCUT2D eigenvalue weighted by molar-refractivity contribution is 0.0696. The van der Waals surface area contributed by atoms with Crippen molar-refractivity contribution in [2.24, 2.45) is 0 Å². The minimum Gasteiger partial charge on any atom is -0.493 e. The summed E-state index contributed by atoms with van der Waals surface area (Å²) in [6, 6.07) is 14.0. The average molecular weight is 282 g/mol. The number of carboxylic acids is 1. The largest absolute Gasteiger partial charge is 0.493 e. The van der Waals surface area contributed by atoms with Crippen LogP contribution in [-0.2, 0) is 0 Å². The van der Waals surface area contributed by atoms with Crippen molar-refractivity contribution < 1.29 is 19.4 Å². The van der Waals surface area contributed by atoms with Crippen molar-refractivity contribution in [1.29, 1.82) is 0 Å². The van der Waals surface area contributed by atoms with E-state index < -0.39 is 5.97 Å². The molecular formula is C17H14O4. The zero-order valence-electron chi connectivity index (χ0n) is 11.5. The second-order valence-corrected chi connectivity index (χ2v) is 4.13. The minimum absolute atomic E-state index is 0.148. The Morgan fingerprint density at radius 3 is 2.57 bits per heavy atom. The van der Waals surface area contributed by atoms with Gasteiger partial charge in [0.15, 0.2) is 11.5 Å². The van der Waals surface area contributed by atoms with E-state index in [0.29, 0.717) is 11.5 Å². The zero-order chi connectivity index (χ0) is 15.1. The first-order chi connectivity index (χ1) is 10.2. The fourth-order valence-electron chi connectivity index (χ4n) is 1.69. The maximum Gasteiger partial charge on any atom is 0.335 e. The van der Waals surface area contributed by atoms with E-state index in [2.05, 4.69) is 11.8 Å². The van der Waals surface area contributed by atoms with Crippen molar-refractivity contribution in [2.75, 3.05) is 13.7 Å². The lowest BCUT2D eigenvalue weighted by Crippen LogP contribution is -2.00. The van der Waals surface area contributed by atoms with Gasteiger partial charge in [-0.25, -0.2) is 4.79 Å². The van der Waals surface area contributed by atoms with Gasteiger partial charge in [0.05, 0.1) is 12.7 Å². The molecule has 4 nitrogen and oxygen atoms in total. The van der Waals surface area contributed by atoms with Crippen LogP contribution in [0.15, 0.2) is 48.5 Å². The zero-order valence-corrected chi connectivity index (χ0v) is 11.5. The second-order valence-electron chi connectivity index (χ2n) is 4.13. The minimum atomic E-state index is -1.01. The number of hydrogen-bond acceptors (Lipinski definition) is 3. The Hall–Kier alpha value is -2.93. The van der Waals surface area contributed by atoms with Crippen LogP contribution in [0, 0.1) is 11.8 Å². The van der Waals surface area contributed by atoms with Crippen LogP contribution in [0.4, 0.5) is 0 Å². The van der Waals surface area contributed by atoms with Crippen LogP contribution in [0.25, 0.3) is 0 Å². The summed E-state index contributed by atoms with van der Waals surface area (Å²) in [5.41, 5.74) is 1.06. The SMILES string of the molecule is COc1cc(C(=O)O)ccc1OCC#Cc1ccccc1. The third-order valence-electron chi connectivity index (χ3n) is 2.72. The summed E-state index contributed by atoms with van der Waals surface area (Å²) in [5.74, 6) is 5.69. The molecule has 0 unspecified atom stereocenters. The van der Waals surface area contributed by atoms with Gasteiger partial charge in [-0.1, -0.05) is 30.0 Å². The van der Waals surface area contributed by atoms with Gasteiger partial charge in [-0.05, 0) is 30.3 Å². The molecular weight excluding hydrogens is 268 g/mol. The first kappa shape index (κ1) is 14.5. The van der Waals surface area contributed by atoms with Crippen molar-refractivity contribution in [3.05, 3.63) is 59.7 Å². The monoisotopic (exact) mass is 282 g/mol. The Bertz CT molecular complexity index is 681. The van der Waals surface area contributed by atoms with Gasteiger partial charge in [0.2, 0.25) is 0 Å². The highest BCUT2D eigenvalue weighted by Gasteiger charge is 2.09. The number of carbonyl (C=O) groups is 1. The third-order valence-corrected chi connectivity index (χ3v) is 2.72. The molecule has 0 aliphatic carbocycles. The molecule has 4 heteroatoms. The molecule has 2 aromatic carbocycles. The van der Waals surface area contributed by atoms with Crippen LogP contribution in [0.1, 0.15) is 15.9 Å². The first-order valence-corrected chi connectivity index (χ1v) is 6.29. The van der Waals surface area contributed by atoms with E-state index >= 15 is 0 Å². The molecule has 0 amide bonds. The van der Waals surface area contributed by atoms with Crippen molar-refractivity contribution in [2.45, 2.75) is 0 Å². The Morgan fingerprint density at radius 1 is 1.14 bits per heavy atom. The summed E-state index contributed by atoms with van der Waals surface area (Å²) in [7, 11) is 1.46. The molecule has 0 fully saturated rings. The molecule has 0 aliphatic rings. The molecule has 0 spiro atoms. The number of methoxy groups -OCH3 is 1. The highest BCUT2D eigenvalue weighted by molar-refractivity contribution is 5.88. The summed E-state index contributed by atoms with van der Waals surface area (Å²) in [6.45, 7) is 0.192. The number of hydrogen-bond donors (Lipinski definition) is 1. The summed E-state index contributed by atoms with van der Waals surface area (Å²) in [5, 5.41) is 8.92. The number of rotatable bonds is 4. The smallest absolute Gasteiger partial charge is 0.335 e. The fourth-order valence-corrected chi connectivity index (χ4v) is 1.69. The Morgan fingerprint density at radius 2 is 1.90 bits per heavy atom. The molecule has 0 atom stereocenters. The van der Waals surface area contributed by atoms with Crippen LogP contribution in [0.3, 0.4) is 0 Å². The maximum absolute atomic E-state index is 10.9. The molecule has 0 saturated carbocycles. The van der Waals surface area contributed by atoms with Crippen LogP contribution in [0.2, 0.25) is 0 Å². The summed E-state index contributed by atoms with van der Waals surface area (Å²) in [4.78, 5) is 10.9. The molecule has 0 radical (unpaired) electrons. The van der Waals surface area contributed by atoms with E-state index in [-0.39, 0.29) is 12.2 Å². The highest BCUT2D eigenvalue weighted by atomic mass is 16.5. The van der Waals surface area contributed by atoms with E-state index in [1.54, 1.807) is 6.07 Å². The van der Waals surface area contributed by atoms with E-state index in [0.717, 1.165) is 5.56 Å². The molecule has 0 bridgehead atoms. The fraction of sp³-hybridized carbons (Fsp3) is 0.118. The Balaban J connectivity index is 2.04. The van der Waals surface area contributed by atoms with Crippen LogP contribution in [-0.4, -0.2) is 24.8 Å². The van der Waals surface area contributed by atoms with Gasteiger partial charge in [-0.3, -0.25) is 0 Å². The molecule has 21 heavy (non-hydrogen) atoms. The normalized spacial score (nSPS) is 9.38. The van der Waals surface area contributed by atoms with Gasteiger partial charge in [-0.15, -0.1) is 0 Å². The van der Waals surface area contributed by atoms with Crippen molar-refractivity contribution >= 4 is 5.97 Å². The molecule has 2 aromatic rings. The maximum atomic E-state index is 10.9. The van der Waals surface area contributed by atoms with Gasteiger partial charge in [-0.2, -0.15) is 0 Å². The topological polar surface area (TPSA) is 55.8 Å². The Kier molecular flexibility index (Phi) is 4.84. The van der Waals surface area contributed by atoms with E-state index in [4.69, 9.17) is 14.6 Å². The van der Waals surface area contributed by atoms with Gasteiger partial charge >= 0.3 is 5.97 Å². The van der Waals surface area contributed by atoms with E-state index in [1.165, 1.54) is 19.2 Å². The summed E-state index contributed by atoms with van der Waals surface area (Å²) >= 11 is 0. The number of ether oxygens (including phenoxy) is 2. The van der Waals surface area contributed by atoms with Crippen molar-refractivity contribution in [1.82, 2.24) is 0 Å². The summed E-state index contributed by atoms with van der Waals surface area (Å²) < 4.78 is 10.6. The predicted molar refractivity (Wildman–Crippen MR) is 78.8 cm³/mol. The van der Waals surface area contributed by atoms with Crippen molar-refractivity contribution in [3.63, 3.8) is 0 Å². The molecule has 1 N–H and O–H groups in total. The van der Waals surface area contributed by atoms with Crippen LogP contribution < -0.4 is 9.47 Å². The molecule has 0 aliphatic heterocycles. The second kappa shape index (κ2) is 7.01. The molecule has 106 valence electrons. The van der Waals surface area contributed by atoms with Crippen LogP contribution >= 0.6 is 0 Å². The van der Waals surface area contributed by atoms with Gasteiger partial charge in [0, 0.05) is 5.56 Å². The number of benzene rings is 2. The summed E-state index contributed by atoms with van der Waals surface area (Å²) in [6.07, 6.45) is 0. The lowest BCUT2D eigenvalue weighted by Gasteiger charge is -2.08. The van der Waals surface area contributed by atoms with Gasteiger partial charge < -0.3 is 14.6 Å². The predicted octanol–water partition coefficient (Wildman–Crippen LogP) is 2.82. The van der Waals surface area contributed by atoms with Gasteiger partial charge in [0.25, 0.3) is 0 Å². The van der Waals surface area contributed by atoms with E-state index in [9.17, 15) is 4.79 Å². The van der Waals surface area contributed by atoms with Gasteiger partial charge in [0.1, 0.15) is 6.61 Å². The molecule has 2 rings (SSSR count).